The molecule has 0 spiro atoms. The molecule has 0 aliphatic rings. The molecule has 8 heteroatoms. The van der Waals surface area contributed by atoms with Crippen molar-refractivity contribution in [3.05, 3.63) is 87.4 Å². The number of ether oxygens (including phenoxy) is 2. The second-order valence-corrected chi connectivity index (χ2v) is 8.86. The lowest BCUT2D eigenvalue weighted by atomic mass is 10.1. The maximum absolute atomic E-state index is 13.5. The fourth-order valence-corrected chi connectivity index (χ4v) is 4.36. The third-order valence-electron chi connectivity index (χ3n) is 5.44. The zero-order valence-corrected chi connectivity index (χ0v) is 20.4. The van der Waals surface area contributed by atoms with Crippen LogP contribution in [0.1, 0.15) is 26.4 Å². The number of aryl methyl sites for hydroxylation is 1. The van der Waals surface area contributed by atoms with Crippen molar-refractivity contribution < 1.29 is 23.5 Å². The lowest BCUT2D eigenvalue weighted by molar-refractivity contribution is -0.133. The lowest BCUT2D eigenvalue weighted by Crippen LogP contribution is -2.43. The van der Waals surface area contributed by atoms with Crippen molar-refractivity contribution in [2.75, 3.05) is 33.9 Å². The van der Waals surface area contributed by atoms with Gasteiger partial charge in [0.15, 0.2) is 0 Å². The molecule has 34 heavy (non-hydrogen) atoms. The second-order valence-electron chi connectivity index (χ2n) is 7.85. The maximum Gasteiger partial charge on any atom is 0.254 e. The van der Waals surface area contributed by atoms with Crippen LogP contribution in [-0.2, 0) is 22.6 Å². The van der Waals surface area contributed by atoms with Crippen molar-refractivity contribution in [3.63, 3.8) is 0 Å². The van der Waals surface area contributed by atoms with Gasteiger partial charge in [-0.25, -0.2) is 4.39 Å². The van der Waals surface area contributed by atoms with E-state index >= 15 is 0 Å². The van der Waals surface area contributed by atoms with Crippen LogP contribution < -0.4 is 4.74 Å². The van der Waals surface area contributed by atoms with E-state index in [0.717, 1.165) is 16.0 Å². The smallest absolute Gasteiger partial charge is 0.254 e. The minimum Gasteiger partial charge on any atom is -0.497 e. The third-order valence-corrected chi connectivity index (χ3v) is 6.45. The van der Waals surface area contributed by atoms with E-state index in [1.165, 1.54) is 24.1 Å². The van der Waals surface area contributed by atoms with E-state index in [0.29, 0.717) is 31.0 Å². The topological polar surface area (TPSA) is 59.1 Å². The van der Waals surface area contributed by atoms with Crippen LogP contribution >= 0.6 is 11.3 Å². The van der Waals surface area contributed by atoms with Crippen LogP contribution in [0.2, 0.25) is 0 Å². The molecule has 0 N–H and O–H groups in total. The number of methoxy groups -OCH3 is 2. The quantitative estimate of drug-likeness (QED) is 0.402. The molecule has 1 heterocycles. The number of benzene rings is 2. The second kappa shape index (κ2) is 12.3. The molecule has 0 saturated carbocycles. The highest BCUT2D eigenvalue weighted by molar-refractivity contribution is 7.10. The summed E-state index contributed by atoms with van der Waals surface area (Å²) in [5, 5.41) is 1.99. The van der Waals surface area contributed by atoms with Gasteiger partial charge in [-0.3, -0.25) is 9.59 Å². The molecular formula is C26H29FN2O4S. The van der Waals surface area contributed by atoms with Crippen LogP contribution in [0.15, 0.2) is 60.0 Å². The van der Waals surface area contributed by atoms with Crippen LogP contribution in [0.3, 0.4) is 0 Å². The average molecular weight is 485 g/mol. The molecule has 0 saturated heterocycles. The number of hydrogen-bond acceptors (Lipinski definition) is 5. The average Bonchev–Trinajstić information content (AvgIpc) is 3.26. The van der Waals surface area contributed by atoms with Crippen molar-refractivity contribution in [2.45, 2.75) is 20.0 Å². The molecule has 2 amide bonds. The highest BCUT2D eigenvalue weighted by Crippen LogP contribution is 2.20. The van der Waals surface area contributed by atoms with Gasteiger partial charge in [0, 0.05) is 30.6 Å². The van der Waals surface area contributed by atoms with Crippen LogP contribution in [-0.4, -0.2) is 55.5 Å². The fraction of sp³-hybridized carbons (Fsp3) is 0.308. The first-order valence-electron chi connectivity index (χ1n) is 10.9. The predicted molar refractivity (Wildman–Crippen MR) is 130 cm³/mol. The number of thiophene rings is 1. The number of carbonyl (C=O) groups excluding carboxylic acids is 2. The van der Waals surface area contributed by atoms with Gasteiger partial charge in [0.25, 0.3) is 5.91 Å². The Balaban J connectivity index is 1.82. The van der Waals surface area contributed by atoms with Crippen LogP contribution in [0, 0.1) is 12.7 Å². The van der Waals surface area contributed by atoms with Gasteiger partial charge in [-0.05, 0) is 59.8 Å². The summed E-state index contributed by atoms with van der Waals surface area (Å²) in [7, 11) is 3.09. The molecule has 0 radical (unpaired) electrons. The minimum absolute atomic E-state index is 0.106. The Morgan fingerprint density at radius 2 is 1.76 bits per heavy atom. The van der Waals surface area contributed by atoms with E-state index in [9.17, 15) is 14.0 Å². The number of carbonyl (C=O) groups is 2. The van der Waals surface area contributed by atoms with Gasteiger partial charge in [-0.1, -0.05) is 18.2 Å². The molecule has 3 rings (SSSR count). The van der Waals surface area contributed by atoms with Crippen LogP contribution in [0.4, 0.5) is 4.39 Å². The first kappa shape index (κ1) is 25.4. The Kier molecular flexibility index (Phi) is 9.18. The maximum atomic E-state index is 13.5. The normalized spacial score (nSPS) is 10.7. The molecule has 180 valence electrons. The monoisotopic (exact) mass is 484 g/mol. The molecule has 0 unspecified atom stereocenters. The van der Waals surface area contributed by atoms with E-state index in [1.54, 1.807) is 59.7 Å². The molecular weight excluding hydrogens is 455 g/mol. The summed E-state index contributed by atoms with van der Waals surface area (Å²) in [6, 6.07) is 15.0. The Hall–Kier alpha value is -3.23. The van der Waals surface area contributed by atoms with Crippen molar-refractivity contribution in [1.29, 1.82) is 0 Å². The van der Waals surface area contributed by atoms with Gasteiger partial charge in [0.2, 0.25) is 5.91 Å². The van der Waals surface area contributed by atoms with Crippen molar-refractivity contribution in [2.24, 2.45) is 0 Å². The number of halogens is 1. The molecule has 2 aromatic carbocycles. The molecule has 0 aliphatic heterocycles. The molecule has 1 aromatic heterocycles. The van der Waals surface area contributed by atoms with Crippen molar-refractivity contribution in [3.8, 4) is 5.75 Å². The van der Waals surface area contributed by atoms with Crippen LogP contribution in [0.5, 0.6) is 5.75 Å². The van der Waals surface area contributed by atoms with Gasteiger partial charge in [-0.15, -0.1) is 11.3 Å². The van der Waals surface area contributed by atoms with Gasteiger partial charge in [0.1, 0.15) is 18.1 Å². The third kappa shape index (κ3) is 6.88. The summed E-state index contributed by atoms with van der Waals surface area (Å²) in [5.74, 6) is -0.247. The van der Waals surface area contributed by atoms with Gasteiger partial charge >= 0.3 is 0 Å². The molecule has 0 atom stereocenters. The number of amides is 2. The first-order chi connectivity index (χ1) is 16.4. The van der Waals surface area contributed by atoms with E-state index < -0.39 is 0 Å². The van der Waals surface area contributed by atoms with E-state index in [1.807, 2.05) is 18.4 Å². The Labute approximate surface area is 203 Å². The fourth-order valence-electron chi connectivity index (χ4n) is 3.44. The summed E-state index contributed by atoms with van der Waals surface area (Å²) in [6.45, 7) is 3.17. The van der Waals surface area contributed by atoms with E-state index in [2.05, 4.69) is 0 Å². The summed E-state index contributed by atoms with van der Waals surface area (Å²) >= 11 is 1.58. The molecule has 3 aromatic rings. The largest absolute Gasteiger partial charge is 0.497 e. The highest BCUT2D eigenvalue weighted by atomic mass is 32.1. The standard InChI is InChI=1S/C26H29FN2O4S/c1-19-11-14-34-24(19)17-29(16-20-7-9-22(27)10-8-20)25(30)18-28(12-13-32-2)26(31)21-5-4-6-23(15-21)33-3/h4-11,14-15H,12-13,16-18H2,1-3H3. The summed E-state index contributed by atoms with van der Waals surface area (Å²) in [5.41, 5.74) is 2.35. The summed E-state index contributed by atoms with van der Waals surface area (Å²) < 4.78 is 23.8. The molecule has 6 nitrogen and oxygen atoms in total. The summed E-state index contributed by atoms with van der Waals surface area (Å²) in [4.78, 5) is 31.0. The molecule has 0 fully saturated rings. The Morgan fingerprint density at radius 3 is 2.41 bits per heavy atom. The number of nitrogens with zero attached hydrogens (tertiary/aromatic N) is 2. The Bertz CT molecular complexity index is 1100. The van der Waals surface area contributed by atoms with Gasteiger partial charge in [-0.2, -0.15) is 0 Å². The predicted octanol–water partition coefficient (Wildman–Crippen LogP) is 4.52. The first-order valence-corrected chi connectivity index (χ1v) is 11.8. The van der Waals surface area contributed by atoms with Crippen molar-refractivity contribution >= 4 is 23.2 Å². The zero-order chi connectivity index (χ0) is 24.5. The minimum atomic E-state index is -0.328. The lowest BCUT2D eigenvalue weighted by Gasteiger charge is -2.28. The van der Waals surface area contributed by atoms with Gasteiger partial charge < -0.3 is 19.3 Å². The van der Waals surface area contributed by atoms with E-state index in [4.69, 9.17) is 9.47 Å². The van der Waals surface area contributed by atoms with Crippen molar-refractivity contribution in [1.82, 2.24) is 9.80 Å². The SMILES string of the molecule is COCCN(CC(=O)N(Cc1ccc(F)cc1)Cc1sccc1C)C(=O)c1cccc(OC)c1. The number of rotatable bonds is 11. The van der Waals surface area contributed by atoms with Gasteiger partial charge in [0.05, 0.1) is 20.3 Å². The van der Waals surface area contributed by atoms with E-state index in [-0.39, 0.29) is 30.7 Å². The number of hydrogen-bond donors (Lipinski definition) is 0. The Morgan fingerprint density at radius 1 is 1.00 bits per heavy atom. The highest BCUT2D eigenvalue weighted by Gasteiger charge is 2.23. The summed E-state index contributed by atoms with van der Waals surface area (Å²) in [6.07, 6.45) is 0. The van der Waals surface area contributed by atoms with Crippen LogP contribution in [0.25, 0.3) is 0 Å². The molecule has 0 aliphatic carbocycles. The molecule has 0 bridgehead atoms. The zero-order valence-electron chi connectivity index (χ0n) is 19.6.